The molecule has 0 aliphatic carbocycles. The molecule has 0 amide bonds. The van der Waals surface area contributed by atoms with Gasteiger partial charge in [-0.3, -0.25) is 0 Å². The highest BCUT2D eigenvalue weighted by atomic mass is 19.4. The predicted octanol–water partition coefficient (Wildman–Crippen LogP) is 2.54. The fourth-order valence-corrected chi connectivity index (χ4v) is 2.18. The quantitative estimate of drug-likeness (QED) is 0.930. The lowest BCUT2D eigenvalue weighted by Gasteiger charge is -2.24. The second-order valence-corrected chi connectivity index (χ2v) is 4.94. The molecule has 5 nitrogen and oxygen atoms in total. The van der Waals surface area contributed by atoms with Crippen LogP contribution in [0.5, 0.6) is 0 Å². The first kappa shape index (κ1) is 15.8. The first-order valence-corrected chi connectivity index (χ1v) is 6.97. The molecule has 0 aromatic carbocycles. The van der Waals surface area contributed by atoms with Gasteiger partial charge >= 0.3 is 6.18 Å². The highest BCUT2D eigenvalue weighted by Crippen LogP contribution is 2.31. The van der Waals surface area contributed by atoms with Crippen molar-refractivity contribution in [3.8, 4) is 0 Å². The molecule has 0 saturated carbocycles. The number of halogens is 3. The van der Waals surface area contributed by atoms with Gasteiger partial charge < -0.3 is 15.0 Å². The molecule has 8 heteroatoms. The minimum Gasteiger partial charge on any atom is -0.377 e. The summed E-state index contributed by atoms with van der Waals surface area (Å²) < 4.78 is 44.4. The molecule has 118 valence electrons. The highest BCUT2D eigenvalue weighted by molar-refractivity contribution is 5.45. The van der Waals surface area contributed by atoms with E-state index in [9.17, 15) is 13.2 Å². The average Bonchev–Trinajstić information content (AvgIpc) is 2.62. The Labute approximate surface area is 121 Å². The number of ether oxygens (including phenoxy) is 1. The van der Waals surface area contributed by atoms with E-state index in [1.807, 2.05) is 11.8 Å². The van der Waals surface area contributed by atoms with Crippen molar-refractivity contribution < 1.29 is 17.9 Å². The monoisotopic (exact) mass is 304 g/mol. The molecule has 0 spiro atoms. The molecule has 1 saturated heterocycles. The van der Waals surface area contributed by atoms with Crippen LogP contribution in [0.15, 0.2) is 6.07 Å². The Kier molecular flexibility index (Phi) is 4.87. The summed E-state index contributed by atoms with van der Waals surface area (Å²) in [6.45, 7) is 5.87. The van der Waals surface area contributed by atoms with Crippen LogP contribution >= 0.6 is 0 Å². The summed E-state index contributed by atoms with van der Waals surface area (Å²) in [5.74, 6) is 0.283. The molecule has 0 radical (unpaired) electrons. The molecule has 1 aliphatic heterocycles. The molecule has 1 unspecified atom stereocenters. The Hall–Kier alpha value is -1.57. The normalized spacial score (nSPS) is 20.2. The first-order valence-electron chi connectivity index (χ1n) is 6.97. The van der Waals surface area contributed by atoms with Crippen molar-refractivity contribution in [2.75, 3.05) is 36.5 Å². The molecular formula is C13H19F3N4O. The molecule has 0 bridgehead atoms. The van der Waals surface area contributed by atoms with Gasteiger partial charge in [-0.05, 0) is 20.3 Å². The summed E-state index contributed by atoms with van der Waals surface area (Å²) in [7, 11) is 0. The smallest absolute Gasteiger partial charge is 0.377 e. The third-order valence-electron chi connectivity index (χ3n) is 3.11. The van der Waals surface area contributed by atoms with Crippen LogP contribution in [-0.4, -0.2) is 42.3 Å². The van der Waals surface area contributed by atoms with Crippen molar-refractivity contribution in [3.63, 3.8) is 0 Å². The Bertz CT molecular complexity index is 481. The molecule has 1 fully saturated rings. The van der Waals surface area contributed by atoms with E-state index in [0.29, 0.717) is 26.2 Å². The van der Waals surface area contributed by atoms with Crippen LogP contribution < -0.4 is 10.2 Å². The molecular weight excluding hydrogens is 285 g/mol. The van der Waals surface area contributed by atoms with Gasteiger partial charge in [0.05, 0.1) is 6.10 Å². The van der Waals surface area contributed by atoms with E-state index in [1.165, 1.54) is 0 Å². The molecule has 1 aromatic heterocycles. The molecule has 1 atom stereocenters. The van der Waals surface area contributed by atoms with Gasteiger partial charge in [-0.25, -0.2) is 4.98 Å². The summed E-state index contributed by atoms with van der Waals surface area (Å²) in [5, 5.41) is 2.75. The van der Waals surface area contributed by atoms with Gasteiger partial charge in [0, 0.05) is 32.3 Å². The van der Waals surface area contributed by atoms with Gasteiger partial charge in [0.25, 0.3) is 0 Å². The Morgan fingerprint density at radius 1 is 1.43 bits per heavy atom. The van der Waals surface area contributed by atoms with Gasteiger partial charge in [-0.15, -0.1) is 0 Å². The zero-order chi connectivity index (χ0) is 15.5. The van der Waals surface area contributed by atoms with Gasteiger partial charge in [0.2, 0.25) is 5.95 Å². The van der Waals surface area contributed by atoms with Crippen molar-refractivity contribution in [3.05, 3.63) is 11.8 Å². The summed E-state index contributed by atoms with van der Waals surface area (Å²) in [6.07, 6.45) is -3.78. The van der Waals surface area contributed by atoms with Crippen LogP contribution in [0.3, 0.4) is 0 Å². The zero-order valence-electron chi connectivity index (χ0n) is 12.1. The van der Waals surface area contributed by atoms with Crippen LogP contribution in [0.4, 0.5) is 24.9 Å². The van der Waals surface area contributed by atoms with Crippen LogP contribution in [0.1, 0.15) is 26.0 Å². The van der Waals surface area contributed by atoms with E-state index in [-0.39, 0.29) is 17.9 Å². The molecule has 1 aromatic rings. The minimum absolute atomic E-state index is 0.000133. The summed E-state index contributed by atoms with van der Waals surface area (Å²) in [6, 6.07) is 0.999. The topological polar surface area (TPSA) is 50.3 Å². The number of hydrogen-bond acceptors (Lipinski definition) is 5. The largest absolute Gasteiger partial charge is 0.433 e. The van der Waals surface area contributed by atoms with Crippen LogP contribution in [0, 0.1) is 0 Å². The number of nitrogens with zero attached hydrogens (tertiary/aromatic N) is 3. The van der Waals surface area contributed by atoms with Crippen molar-refractivity contribution in [2.45, 2.75) is 32.5 Å². The lowest BCUT2D eigenvalue weighted by atomic mass is 10.3. The minimum atomic E-state index is -4.49. The Balaban J connectivity index is 2.34. The number of anilines is 2. The van der Waals surface area contributed by atoms with E-state index < -0.39 is 11.9 Å². The fourth-order valence-electron chi connectivity index (χ4n) is 2.18. The molecule has 1 aliphatic rings. The third kappa shape index (κ3) is 4.20. The summed E-state index contributed by atoms with van der Waals surface area (Å²) >= 11 is 0. The third-order valence-corrected chi connectivity index (χ3v) is 3.11. The number of nitrogens with one attached hydrogen (secondary N) is 1. The second kappa shape index (κ2) is 6.46. The van der Waals surface area contributed by atoms with E-state index in [1.54, 1.807) is 6.92 Å². The maximum Gasteiger partial charge on any atom is 0.433 e. The summed E-state index contributed by atoms with van der Waals surface area (Å²) in [5.41, 5.74) is -0.929. The standard InChI is InChI=1S/C13H19F3N4O/c1-3-17-12-18-10(13(14,15)16)7-11(19-12)20-5-4-6-21-9(2)8-20/h7,9H,3-6,8H2,1-2H3,(H,17,18,19). The van der Waals surface area contributed by atoms with Crippen molar-refractivity contribution >= 4 is 11.8 Å². The fraction of sp³-hybridized carbons (Fsp3) is 0.692. The number of aromatic nitrogens is 2. The van der Waals surface area contributed by atoms with Crippen molar-refractivity contribution in [1.29, 1.82) is 0 Å². The number of alkyl halides is 3. The average molecular weight is 304 g/mol. The lowest BCUT2D eigenvalue weighted by Crippen LogP contribution is -2.31. The lowest BCUT2D eigenvalue weighted by molar-refractivity contribution is -0.141. The van der Waals surface area contributed by atoms with Gasteiger partial charge in [0.1, 0.15) is 5.82 Å². The van der Waals surface area contributed by atoms with E-state index in [4.69, 9.17) is 4.74 Å². The van der Waals surface area contributed by atoms with Gasteiger partial charge in [-0.2, -0.15) is 18.2 Å². The number of rotatable bonds is 3. The van der Waals surface area contributed by atoms with E-state index in [0.717, 1.165) is 12.5 Å². The van der Waals surface area contributed by atoms with Gasteiger partial charge in [-0.1, -0.05) is 0 Å². The van der Waals surface area contributed by atoms with Crippen molar-refractivity contribution in [1.82, 2.24) is 9.97 Å². The van der Waals surface area contributed by atoms with Crippen molar-refractivity contribution in [2.24, 2.45) is 0 Å². The Morgan fingerprint density at radius 2 is 2.19 bits per heavy atom. The Morgan fingerprint density at radius 3 is 2.86 bits per heavy atom. The van der Waals surface area contributed by atoms with Gasteiger partial charge in [0.15, 0.2) is 5.69 Å². The zero-order valence-corrected chi connectivity index (χ0v) is 12.1. The molecule has 21 heavy (non-hydrogen) atoms. The van der Waals surface area contributed by atoms with E-state index >= 15 is 0 Å². The molecule has 1 N–H and O–H groups in total. The SMILES string of the molecule is CCNc1nc(N2CCCOC(C)C2)cc(C(F)(F)F)n1. The maximum absolute atomic E-state index is 13.0. The second-order valence-electron chi connectivity index (χ2n) is 4.94. The van der Waals surface area contributed by atoms with Crippen LogP contribution in [0.25, 0.3) is 0 Å². The highest BCUT2D eigenvalue weighted by Gasteiger charge is 2.34. The molecule has 2 heterocycles. The van der Waals surface area contributed by atoms with E-state index in [2.05, 4.69) is 15.3 Å². The van der Waals surface area contributed by atoms with Crippen LogP contribution in [-0.2, 0) is 10.9 Å². The van der Waals surface area contributed by atoms with Crippen LogP contribution in [0.2, 0.25) is 0 Å². The molecule has 2 rings (SSSR count). The first-order chi connectivity index (χ1) is 9.90. The summed E-state index contributed by atoms with van der Waals surface area (Å²) in [4.78, 5) is 9.53. The predicted molar refractivity (Wildman–Crippen MR) is 73.4 cm³/mol. The maximum atomic E-state index is 13.0. The number of hydrogen-bond donors (Lipinski definition) is 1.